The summed E-state index contributed by atoms with van der Waals surface area (Å²) in [6, 6.07) is 14.4. The molecule has 7 heteroatoms. The lowest BCUT2D eigenvalue weighted by Crippen LogP contribution is -2.48. The van der Waals surface area contributed by atoms with Gasteiger partial charge in [0, 0.05) is 17.9 Å². The number of amides is 2. The molecule has 0 saturated heterocycles. The van der Waals surface area contributed by atoms with Gasteiger partial charge in [0.25, 0.3) is 0 Å². The van der Waals surface area contributed by atoms with Crippen LogP contribution in [0.5, 0.6) is 5.75 Å². The predicted octanol–water partition coefficient (Wildman–Crippen LogP) is 5.63. The van der Waals surface area contributed by atoms with Crippen molar-refractivity contribution in [1.82, 2.24) is 10.8 Å². The lowest BCUT2D eigenvalue weighted by Gasteiger charge is -2.28. The van der Waals surface area contributed by atoms with Crippen LogP contribution in [-0.2, 0) is 21.4 Å². The van der Waals surface area contributed by atoms with Gasteiger partial charge < -0.3 is 10.1 Å². The Kier molecular flexibility index (Phi) is 10.7. The van der Waals surface area contributed by atoms with Crippen molar-refractivity contribution in [2.75, 3.05) is 6.61 Å². The van der Waals surface area contributed by atoms with Crippen molar-refractivity contribution < 1.29 is 24.3 Å². The van der Waals surface area contributed by atoms with Crippen LogP contribution >= 0.6 is 0 Å². The standard InChI is InChI=1S/C32H44N2O5/c1-21(2)19-27-26(31(37)34-38)9-7-6-8-18-39-25-16-10-22(11-17-25)20-28(33-30(27)36)29(35)23-12-14-24(15-13-23)32(3,4)5/h10-17,21,26-28,38H,6-9,18-20H2,1-5H3,(H,33,36)(H,34,37)/t26-,27+,28-/m0/s1. The van der Waals surface area contributed by atoms with E-state index >= 15 is 0 Å². The second kappa shape index (κ2) is 13.7. The van der Waals surface area contributed by atoms with E-state index in [0.717, 1.165) is 29.7 Å². The first-order valence-electron chi connectivity index (χ1n) is 14.1. The molecule has 212 valence electrons. The van der Waals surface area contributed by atoms with Crippen LogP contribution < -0.4 is 15.5 Å². The fourth-order valence-corrected chi connectivity index (χ4v) is 5.17. The lowest BCUT2D eigenvalue weighted by atomic mass is 9.80. The van der Waals surface area contributed by atoms with E-state index in [0.29, 0.717) is 37.9 Å². The molecule has 2 aliphatic rings. The van der Waals surface area contributed by atoms with Crippen molar-refractivity contribution in [2.45, 2.75) is 84.6 Å². The van der Waals surface area contributed by atoms with Crippen LogP contribution in [0.1, 0.15) is 88.2 Å². The largest absolute Gasteiger partial charge is 0.494 e. The molecule has 0 unspecified atom stereocenters. The summed E-state index contributed by atoms with van der Waals surface area (Å²) in [7, 11) is 0. The Morgan fingerprint density at radius 2 is 1.69 bits per heavy atom. The van der Waals surface area contributed by atoms with Crippen molar-refractivity contribution in [3.63, 3.8) is 0 Å². The molecule has 2 bridgehead atoms. The average molecular weight is 537 g/mol. The first-order chi connectivity index (χ1) is 18.5. The fourth-order valence-electron chi connectivity index (χ4n) is 5.17. The monoisotopic (exact) mass is 536 g/mol. The maximum absolute atomic E-state index is 13.8. The minimum absolute atomic E-state index is 0.0477. The van der Waals surface area contributed by atoms with Crippen molar-refractivity contribution in [3.8, 4) is 5.75 Å². The van der Waals surface area contributed by atoms with Crippen LogP contribution in [0.3, 0.4) is 0 Å². The van der Waals surface area contributed by atoms with Crippen LogP contribution in [0.4, 0.5) is 0 Å². The maximum atomic E-state index is 13.8. The molecular weight excluding hydrogens is 492 g/mol. The van der Waals surface area contributed by atoms with Crippen LogP contribution in [0.25, 0.3) is 0 Å². The number of rotatable bonds is 5. The van der Waals surface area contributed by atoms with Crippen LogP contribution in [-0.4, -0.2) is 35.5 Å². The minimum Gasteiger partial charge on any atom is -0.494 e. The molecule has 3 atom stereocenters. The summed E-state index contributed by atoms with van der Waals surface area (Å²) in [5.74, 6) is -1.58. The Morgan fingerprint density at radius 1 is 1.03 bits per heavy atom. The molecule has 0 saturated carbocycles. The van der Waals surface area contributed by atoms with Crippen molar-refractivity contribution in [2.24, 2.45) is 17.8 Å². The van der Waals surface area contributed by atoms with E-state index in [1.807, 2.05) is 62.4 Å². The van der Waals surface area contributed by atoms with Crippen LogP contribution in [0.15, 0.2) is 48.5 Å². The molecule has 0 aliphatic carbocycles. The zero-order valence-corrected chi connectivity index (χ0v) is 24.0. The summed E-state index contributed by atoms with van der Waals surface area (Å²) >= 11 is 0. The van der Waals surface area contributed by atoms with Gasteiger partial charge in [-0.05, 0) is 53.9 Å². The lowest BCUT2D eigenvalue weighted by molar-refractivity contribution is -0.141. The third kappa shape index (κ3) is 8.65. The van der Waals surface area contributed by atoms with Crippen molar-refractivity contribution in [1.29, 1.82) is 0 Å². The molecule has 7 nitrogen and oxygen atoms in total. The molecule has 2 aliphatic heterocycles. The molecule has 2 aromatic rings. The number of hydrogen-bond donors (Lipinski definition) is 3. The summed E-state index contributed by atoms with van der Waals surface area (Å²) in [4.78, 5) is 40.4. The predicted molar refractivity (Wildman–Crippen MR) is 152 cm³/mol. The highest BCUT2D eigenvalue weighted by Gasteiger charge is 2.36. The SMILES string of the molecule is CC(C)C[C@H]1C(=O)N[C@H](C(=O)c2ccc(C(C)(C)C)cc2)Cc2ccc(cc2)OCCCCC[C@@H]1C(=O)NO. The van der Waals surface area contributed by atoms with Gasteiger partial charge >= 0.3 is 0 Å². The molecule has 2 amide bonds. The Morgan fingerprint density at radius 3 is 2.28 bits per heavy atom. The Labute approximate surface area is 232 Å². The number of carbonyl (C=O) groups is 3. The second-order valence-corrected chi connectivity index (χ2v) is 12.1. The molecule has 4 rings (SSSR count). The average Bonchev–Trinajstić information content (AvgIpc) is 2.90. The van der Waals surface area contributed by atoms with Crippen LogP contribution in [0.2, 0.25) is 0 Å². The number of nitrogens with one attached hydrogen (secondary N) is 2. The van der Waals surface area contributed by atoms with Gasteiger partial charge in [0.15, 0.2) is 5.78 Å². The van der Waals surface area contributed by atoms with Crippen molar-refractivity contribution in [3.05, 3.63) is 65.2 Å². The first-order valence-corrected chi connectivity index (χ1v) is 14.1. The van der Waals surface area contributed by atoms with Gasteiger partial charge in [-0.15, -0.1) is 0 Å². The van der Waals surface area contributed by atoms with Gasteiger partial charge in [-0.2, -0.15) is 0 Å². The minimum atomic E-state index is -0.815. The highest BCUT2D eigenvalue weighted by Crippen LogP contribution is 2.28. The van der Waals surface area contributed by atoms with E-state index < -0.39 is 23.8 Å². The summed E-state index contributed by atoms with van der Waals surface area (Å²) in [6.07, 6.45) is 3.58. The Bertz CT molecular complexity index is 1100. The molecule has 0 aromatic heterocycles. The Balaban J connectivity index is 1.98. The number of Topliss-reactive ketones (excluding diaryl/α,β-unsaturated/α-hetero) is 1. The van der Waals surface area contributed by atoms with E-state index in [4.69, 9.17) is 4.74 Å². The molecule has 2 heterocycles. The second-order valence-electron chi connectivity index (χ2n) is 12.1. The van der Waals surface area contributed by atoms with Gasteiger partial charge in [0.1, 0.15) is 5.75 Å². The van der Waals surface area contributed by atoms with Crippen molar-refractivity contribution >= 4 is 17.6 Å². The van der Waals surface area contributed by atoms with Gasteiger partial charge in [-0.1, -0.05) is 83.9 Å². The fraction of sp³-hybridized carbons (Fsp3) is 0.531. The zero-order chi connectivity index (χ0) is 28.6. The number of hydroxylamine groups is 1. The molecule has 0 fully saturated rings. The third-order valence-electron chi connectivity index (χ3n) is 7.45. The summed E-state index contributed by atoms with van der Waals surface area (Å²) in [6.45, 7) is 10.9. The smallest absolute Gasteiger partial charge is 0.247 e. The quantitative estimate of drug-likeness (QED) is 0.261. The molecule has 0 spiro atoms. The number of ether oxygens (including phenoxy) is 1. The normalized spacial score (nSPS) is 21.2. The number of hydrogen-bond acceptors (Lipinski definition) is 5. The zero-order valence-electron chi connectivity index (χ0n) is 24.0. The molecule has 3 N–H and O–H groups in total. The Hall–Kier alpha value is -3.19. The molecule has 2 aromatic carbocycles. The van der Waals surface area contributed by atoms with E-state index in [1.54, 1.807) is 5.48 Å². The number of carbonyl (C=O) groups excluding carboxylic acids is 3. The topological polar surface area (TPSA) is 105 Å². The maximum Gasteiger partial charge on any atom is 0.247 e. The summed E-state index contributed by atoms with van der Waals surface area (Å²) < 4.78 is 5.87. The number of fused-ring (bicyclic) bond motifs is 13. The molecular formula is C32H44N2O5. The molecule has 39 heavy (non-hydrogen) atoms. The number of ketones is 1. The first kappa shape index (κ1) is 30.4. The van der Waals surface area contributed by atoms with E-state index in [9.17, 15) is 19.6 Å². The van der Waals surface area contributed by atoms with Gasteiger partial charge in [-0.3, -0.25) is 19.6 Å². The van der Waals surface area contributed by atoms with Gasteiger partial charge in [-0.25, -0.2) is 5.48 Å². The van der Waals surface area contributed by atoms with Crippen LogP contribution in [0, 0.1) is 17.8 Å². The van der Waals surface area contributed by atoms with E-state index in [1.165, 1.54) is 0 Å². The van der Waals surface area contributed by atoms with E-state index in [2.05, 4.69) is 26.1 Å². The van der Waals surface area contributed by atoms with Gasteiger partial charge in [0.2, 0.25) is 11.8 Å². The number of benzene rings is 2. The summed E-state index contributed by atoms with van der Waals surface area (Å²) in [5, 5.41) is 12.5. The summed E-state index contributed by atoms with van der Waals surface area (Å²) in [5.41, 5.74) is 4.26. The van der Waals surface area contributed by atoms with Gasteiger partial charge in [0.05, 0.1) is 18.6 Å². The molecule has 0 radical (unpaired) electrons. The highest BCUT2D eigenvalue weighted by atomic mass is 16.5. The third-order valence-corrected chi connectivity index (χ3v) is 7.45. The highest BCUT2D eigenvalue weighted by molar-refractivity contribution is 6.02. The van der Waals surface area contributed by atoms with E-state index in [-0.39, 0.29) is 23.0 Å².